The van der Waals surface area contributed by atoms with Gasteiger partial charge in [-0.05, 0) is 24.6 Å². The van der Waals surface area contributed by atoms with Crippen LogP contribution in [-0.2, 0) is 0 Å². The number of hydrogen-bond donors (Lipinski definition) is 0. The predicted octanol–water partition coefficient (Wildman–Crippen LogP) is 2.85. The molecule has 1 aromatic carbocycles. The normalized spacial score (nSPS) is 11.3. The maximum Gasteiger partial charge on any atom is 0.336 e. The van der Waals surface area contributed by atoms with Crippen molar-refractivity contribution in [3.8, 4) is 0 Å². The van der Waals surface area contributed by atoms with Crippen molar-refractivity contribution in [2.75, 3.05) is 0 Å². The maximum atomic E-state index is 11.2. The summed E-state index contributed by atoms with van der Waals surface area (Å²) in [6, 6.07) is 7.10. The molecule has 0 saturated heterocycles. The molecule has 15 heavy (non-hydrogen) atoms. The summed E-state index contributed by atoms with van der Waals surface area (Å²) in [7, 11) is 0. The lowest BCUT2D eigenvalue weighted by atomic mass is 10.1. The molecule has 0 aliphatic rings. The Morgan fingerprint density at radius 3 is 2.87 bits per heavy atom. The lowest BCUT2D eigenvalue weighted by Crippen LogP contribution is -1.97. The van der Waals surface area contributed by atoms with E-state index in [1.54, 1.807) is 12.3 Å². The first kappa shape index (κ1) is 8.29. The Hall–Kier alpha value is -2.03. The Labute approximate surface area is 84.9 Å². The summed E-state index contributed by atoms with van der Waals surface area (Å²) in [5.74, 6) is 0. The second kappa shape index (κ2) is 2.73. The topological polar surface area (TPSA) is 43.4 Å². The first-order valence-corrected chi connectivity index (χ1v) is 4.66. The van der Waals surface area contributed by atoms with Gasteiger partial charge < -0.3 is 8.83 Å². The van der Waals surface area contributed by atoms with E-state index in [1.807, 2.05) is 19.1 Å². The molecule has 3 rings (SSSR count). The molecule has 0 N–H and O–H groups in total. The largest absolute Gasteiger partial charge is 0.464 e. The standard InChI is InChI=1S/C12H8O3/c1-7-4-12(13)15-11-6-10-8(2-3-14-10)5-9(7)11/h2-6H,1H3. The van der Waals surface area contributed by atoms with Crippen molar-refractivity contribution in [2.24, 2.45) is 0 Å². The van der Waals surface area contributed by atoms with Gasteiger partial charge in [0.1, 0.15) is 11.2 Å². The van der Waals surface area contributed by atoms with E-state index in [-0.39, 0.29) is 5.63 Å². The van der Waals surface area contributed by atoms with Gasteiger partial charge in [0.2, 0.25) is 0 Å². The molecule has 2 aromatic heterocycles. The third-order valence-corrected chi connectivity index (χ3v) is 2.52. The van der Waals surface area contributed by atoms with Crippen LogP contribution in [0.25, 0.3) is 21.9 Å². The molecule has 74 valence electrons. The lowest BCUT2D eigenvalue weighted by molar-refractivity contribution is 0.558. The molecule has 3 heteroatoms. The highest BCUT2D eigenvalue weighted by Gasteiger charge is 2.05. The van der Waals surface area contributed by atoms with Gasteiger partial charge in [0.25, 0.3) is 0 Å². The van der Waals surface area contributed by atoms with Crippen LogP contribution in [0.15, 0.2) is 44.2 Å². The second-order valence-electron chi connectivity index (χ2n) is 3.56. The highest BCUT2D eigenvalue weighted by atomic mass is 16.4. The number of furan rings is 1. The van der Waals surface area contributed by atoms with E-state index in [0.717, 1.165) is 21.9 Å². The molecule has 0 radical (unpaired) electrons. The minimum atomic E-state index is -0.328. The molecule has 0 bridgehead atoms. The fourth-order valence-corrected chi connectivity index (χ4v) is 1.78. The van der Waals surface area contributed by atoms with E-state index in [1.165, 1.54) is 6.07 Å². The van der Waals surface area contributed by atoms with Crippen LogP contribution in [0.3, 0.4) is 0 Å². The van der Waals surface area contributed by atoms with Gasteiger partial charge in [-0.1, -0.05) is 0 Å². The van der Waals surface area contributed by atoms with E-state index in [9.17, 15) is 4.79 Å². The van der Waals surface area contributed by atoms with Gasteiger partial charge in [-0.3, -0.25) is 0 Å². The average molecular weight is 200 g/mol. The van der Waals surface area contributed by atoms with Gasteiger partial charge in [-0.25, -0.2) is 4.79 Å². The molecule has 0 fully saturated rings. The molecule has 0 atom stereocenters. The Morgan fingerprint density at radius 1 is 1.13 bits per heavy atom. The first-order chi connectivity index (χ1) is 7.24. The fraction of sp³-hybridized carbons (Fsp3) is 0.0833. The molecule has 0 aliphatic carbocycles. The zero-order valence-electron chi connectivity index (χ0n) is 8.11. The lowest BCUT2D eigenvalue weighted by Gasteiger charge is -1.99. The Kier molecular flexibility index (Phi) is 1.51. The third kappa shape index (κ3) is 1.16. The Balaban J connectivity index is 2.59. The molecule has 2 heterocycles. The summed E-state index contributed by atoms with van der Waals surface area (Å²) in [5.41, 5.74) is 1.90. The molecule has 0 amide bonds. The van der Waals surface area contributed by atoms with Gasteiger partial charge in [0.15, 0.2) is 0 Å². The van der Waals surface area contributed by atoms with Crippen LogP contribution in [0.5, 0.6) is 0 Å². The molecule has 3 nitrogen and oxygen atoms in total. The van der Waals surface area contributed by atoms with Crippen LogP contribution < -0.4 is 5.63 Å². The van der Waals surface area contributed by atoms with E-state index in [4.69, 9.17) is 8.83 Å². The fourth-order valence-electron chi connectivity index (χ4n) is 1.78. The number of fused-ring (bicyclic) bond motifs is 2. The quantitative estimate of drug-likeness (QED) is 0.524. The van der Waals surface area contributed by atoms with Crippen molar-refractivity contribution in [3.63, 3.8) is 0 Å². The Morgan fingerprint density at radius 2 is 2.00 bits per heavy atom. The first-order valence-electron chi connectivity index (χ1n) is 4.66. The zero-order valence-corrected chi connectivity index (χ0v) is 8.11. The van der Waals surface area contributed by atoms with E-state index >= 15 is 0 Å². The number of benzene rings is 1. The molecule has 0 unspecified atom stereocenters. The highest BCUT2D eigenvalue weighted by molar-refractivity contribution is 5.94. The van der Waals surface area contributed by atoms with Crippen molar-refractivity contribution in [1.29, 1.82) is 0 Å². The minimum absolute atomic E-state index is 0.328. The van der Waals surface area contributed by atoms with Crippen molar-refractivity contribution < 1.29 is 8.83 Å². The minimum Gasteiger partial charge on any atom is -0.464 e. The second-order valence-corrected chi connectivity index (χ2v) is 3.56. The summed E-state index contributed by atoms with van der Waals surface area (Å²) < 4.78 is 10.3. The summed E-state index contributed by atoms with van der Waals surface area (Å²) in [5, 5.41) is 1.96. The highest BCUT2D eigenvalue weighted by Crippen LogP contribution is 2.24. The number of hydrogen-bond acceptors (Lipinski definition) is 3. The Bertz CT molecular complexity index is 704. The molecule has 0 saturated carbocycles. The molecule has 0 spiro atoms. The third-order valence-electron chi connectivity index (χ3n) is 2.52. The number of aryl methyl sites for hydroxylation is 1. The van der Waals surface area contributed by atoms with Gasteiger partial charge in [-0.15, -0.1) is 0 Å². The summed E-state index contributed by atoms with van der Waals surface area (Å²) in [4.78, 5) is 11.2. The van der Waals surface area contributed by atoms with Crippen LogP contribution in [-0.4, -0.2) is 0 Å². The van der Waals surface area contributed by atoms with Crippen molar-refractivity contribution in [1.82, 2.24) is 0 Å². The van der Waals surface area contributed by atoms with Crippen molar-refractivity contribution in [3.05, 3.63) is 46.5 Å². The van der Waals surface area contributed by atoms with E-state index in [0.29, 0.717) is 5.58 Å². The summed E-state index contributed by atoms with van der Waals surface area (Å²) >= 11 is 0. The van der Waals surface area contributed by atoms with Gasteiger partial charge in [0.05, 0.1) is 6.26 Å². The van der Waals surface area contributed by atoms with Crippen LogP contribution in [0.1, 0.15) is 5.56 Å². The van der Waals surface area contributed by atoms with Crippen molar-refractivity contribution >= 4 is 21.9 Å². The molecular formula is C12H8O3. The van der Waals surface area contributed by atoms with Gasteiger partial charge >= 0.3 is 5.63 Å². The van der Waals surface area contributed by atoms with Crippen LogP contribution in [0, 0.1) is 6.92 Å². The van der Waals surface area contributed by atoms with Crippen LogP contribution >= 0.6 is 0 Å². The molecule has 0 aliphatic heterocycles. The molecular weight excluding hydrogens is 192 g/mol. The zero-order chi connectivity index (χ0) is 10.4. The molecule has 3 aromatic rings. The van der Waals surface area contributed by atoms with E-state index < -0.39 is 0 Å². The summed E-state index contributed by atoms with van der Waals surface area (Å²) in [6.07, 6.45) is 1.62. The SMILES string of the molecule is Cc1cc(=O)oc2cc3occc3cc12. The van der Waals surface area contributed by atoms with Crippen LogP contribution in [0.2, 0.25) is 0 Å². The van der Waals surface area contributed by atoms with Crippen molar-refractivity contribution in [2.45, 2.75) is 6.92 Å². The summed E-state index contributed by atoms with van der Waals surface area (Å²) in [6.45, 7) is 1.89. The monoisotopic (exact) mass is 200 g/mol. The smallest absolute Gasteiger partial charge is 0.336 e. The predicted molar refractivity (Wildman–Crippen MR) is 57.0 cm³/mol. The maximum absolute atomic E-state index is 11.2. The number of rotatable bonds is 0. The van der Waals surface area contributed by atoms with Gasteiger partial charge in [0, 0.05) is 22.9 Å². The average Bonchev–Trinajstić information content (AvgIpc) is 2.61. The van der Waals surface area contributed by atoms with Crippen LogP contribution in [0.4, 0.5) is 0 Å². The van der Waals surface area contributed by atoms with Gasteiger partial charge in [-0.2, -0.15) is 0 Å². The van der Waals surface area contributed by atoms with E-state index in [2.05, 4.69) is 0 Å².